The van der Waals surface area contributed by atoms with Crippen LogP contribution in [-0.2, 0) is 11.2 Å². The number of anilines is 1. The number of rotatable bonds is 10. The van der Waals surface area contributed by atoms with Crippen molar-refractivity contribution in [1.29, 1.82) is 5.26 Å². The third-order valence-corrected chi connectivity index (χ3v) is 6.42. The van der Waals surface area contributed by atoms with Crippen LogP contribution in [0.15, 0.2) is 35.5 Å². The second-order valence-electron chi connectivity index (χ2n) is 10.8. The summed E-state index contributed by atoms with van der Waals surface area (Å²) in [7, 11) is 0. The molecule has 2 aromatic rings. The number of hydrogen-bond donors (Lipinski definition) is 2. The molecule has 1 aliphatic heterocycles. The van der Waals surface area contributed by atoms with Crippen molar-refractivity contribution in [2.24, 2.45) is 10.9 Å². The van der Waals surface area contributed by atoms with E-state index in [9.17, 15) is 10.1 Å². The Morgan fingerprint density at radius 1 is 1.31 bits per heavy atom. The number of alkyl carbamates (subject to hydrolysis) is 1. The molecule has 2 aromatic heterocycles. The van der Waals surface area contributed by atoms with Gasteiger partial charge in [0.15, 0.2) is 11.6 Å². The molecule has 2 aliphatic rings. The van der Waals surface area contributed by atoms with Crippen molar-refractivity contribution in [3.8, 4) is 11.9 Å². The molecule has 4 rings (SSSR count). The van der Waals surface area contributed by atoms with Crippen LogP contribution < -0.4 is 15.4 Å². The Kier molecular flexibility index (Phi) is 8.48. The first-order chi connectivity index (χ1) is 18.6. The number of ether oxygens (including phenoxy) is 2. The number of halogens is 1. The second-order valence-corrected chi connectivity index (χ2v) is 10.8. The Hall–Kier alpha value is -4.00. The number of nitriles is 1. The number of carbonyl (C=O) groups is 1. The van der Waals surface area contributed by atoms with Gasteiger partial charge in [0.2, 0.25) is 5.88 Å². The van der Waals surface area contributed by atoms with Crippen LogP contribution in [0.4, 0.5) is 15.0 Å². The molecule has 2 N–H and O–H groups in total. The van der Waals surface area contributed by atoms with Gasteiger partial charge in [-0.15, -0.1) is 0 Å². The number of aromatic nitrogens is 2. The summed E-state index contributed by atoms with van der Waals surface area (Å²) in [5.41, 5.74) is 1.55. The number of pyridine rings is 2. The van der Waals surface area contributed by atoms with Gasteiger partial charge in [0, 0.05) is 30.4 Å². The Morgan fingerprint density at radius 3 is 2.69 bits per heavy atom. The number of allylic oxidation sites excluding steroid dienone is 1. The minimum absolute atomic E-state index is 0.0428. The fraction of sp³-hybridized carbons (Fsp3) is 0.483. The van der Waals surface area contributed by atoms with E-state index in [2.05, 4.69) is 31.7 Å². The van der Waals surface area contributed by atoms with Crippen molar-refractivity contribution in [2.45, 2.75) is 77.6 Å². The molecule has 3 heterocycles. The number of amides is 1. The molecule has 1 fully saturated rings. The molecule has 39 heavy (non-hydrogen) atoms. The average molecular weight is 535 g/mol. The van der Waals surface area contributed by atoms with Gasteiger partial charge in [0.25, 0.3) is 0 Å². The molecular formula is C29H35FN6O3. The Bertz CT molecular complexity index is 1300. The predicted octanol–water partition coefficient (Wildman–Crippen LogP) is 5.26. The monoisotopic (exact) mass is 534 g/mol. The molecule has 0 spiro atoms. The fourth-order valence-corrected chi connectivity index (χ4v) is 4.51. The van der Waals surface area contributed by atoms with Crippen molar-refractivity contribution >= 4 is 18.1 Å². The van der Waals surface area contributed by atoms with E-state index in [-0.39, 0.29) is 41.8 Å². The summed E-state index contributed by atoms with van der Waals surface area (Å²) in [6.45, 7) is 9.61. The molecule has 0 radical (unpaired) electrons. The lowest BCUT2D eigenvalue weighted by Crippen LogP contribution is -2.47. The summed E-state index contributed by atoms with van der Waals surface area (Å²) in [6.07, 6.45) is 8.89. The van der Waals surface area contributed by atoms with Gasteiger partial charge in [-0.3, -0.25) is 4.99 Å². The molecule has 1 amide bonds. The van der Waals surface area contributed by atoms with E-state index in [4.69, 9.17) is 9.47 Å². The molecule has 3 atom stereocenters. The molecule has 206 valence electrons. The van der Waals surface area contributed by atoms with Crippen molar-refractivity contribution in [1.82, 2.24) is 15.3 Å². The summed E-state index contributed by atoms with van der Waals surface area (Å²) in [5.74, 6) is 0.180. The number of aliphatic imine (C=N–C) groups is 1. The lowest BCUT2D eigenvalue weighted by atomic mass is 10.0. The maximum Gasteiger partial charge on any atom is 0.407 e. The molecule has 0 saturated heterocycles. The first kappa shape index (κ1) is 28.0. The van der Waals surface area contributed by atoms with Crippen molar-refractivity contribution in [2.75, 3.05) is 11.9 Å². The van der Waals surface area contributed by atoms with Gasteiger partial charge < -0.3 is 20.1 Å². The van der Waals surface area contributed by atoms with Crippen molar-refractivity contribution < 1.29 is 18.7 Å². The van der Waals surface area contributed by atoms with E-state index >= 15 is 4.39 Å². The average Bonchev–Trinajstić information content (AvgIpc) is 3.55. The minimum Gasteiger partial charge on any atom is -0.478 e. The molecule has 1 unspecified atom stereocenters. The molecule has 1 aliphatic carbocycles. The van der Waals surface area contributed by atoms with E-state index in [0.717, 1.165) is 24.0 Å². The van der Waals surface area contributed by atoms with Gasteiger partial charge in [0.05, 0.1) is 29.9 Å². The van der Waals surface area contributed by atoms with Gasteiger partial charge in [-0.05, 0) is 77.2 Å². The normalized spacial score (nSPS) is 17.8. The smallest absolute Gasteiger partial charge is 0.407 e. The number of nitrogens with zero attached hydrogens (tertiary/aromatic N) is 4. The highest BCUT2D eigenvalue weighted by molar-refractivity contribution is 5.74. The highest BCUT2D eigenvalue weighted by atomic mass is 19.1. The number of nitrogens with one attached hydrogen (secondary N) is 2. The maximum absolute atomic E-state index is 15.1. The lowest BCUT2D eigenvalue weighted by molar-refractivity contribution is 0.0501. The number of hydrogen-bond acceptors (Lipinski definition) is 8. The third kappa shape index (κ3) is 7.31. The summed E-state index contributed by atoms with van der Waals surface area (Å²) in [5, 5.41) is 15.8. The van der Waals surface area contributed by atoms with Gasteiger partial charge in [-0.25, -0.2) is 19.2 Å². The number of carbonyl (C=O) groups excluding carboxylic acids is 1. The van der Waals surface area contributed by atoms with Gasteiger partial charge in [-0.1, -0.05) is 6.08 Å². The Labute approximate surface area is 228 Å². The first-order valence-electron chi connectivity index (χ1n) is 13.2. The highest BCUT2D eigenvalue weighted by Gasteiger charge is 2.37. The van der Waals surface area contributed by atoms with E-state index in [0.29, 0.717) is 18.2 Å². The first-order valence-corrected chi connectivity index (χ1v) is 13.2. The summed E-state index contributed by atoms with van der Waals surface area (Å²) < 4.78 is 26.2. The molecule has 1 saturated carbocycles. The molecule has 9 nitrogen and oxygen atoms in total. The molecule has 0 aromatic carbocycles. The van der Waals surface area contributed by atoms with Crippen molar-refractivity contribution in [3.63, 3.8) is 0 Å². The van der Waals surface area contributed by atoms with Crippen LogP contribution in [0.1, 0.15) is 75.9 Å². The van der Waals surface area contributed by atoms with Crippen LogP contribution >= 0.6 is 0 Å². The van der Waals surface area contributed by atoms with Gasteiger partial charge in [0.1, 0.15) is 11.7 Å². The zero-order valence-electron chi connectivity index (χ0n) is 23.0. The SMILES string of the molecule is CCOc1ncc(Cc2nc(N[C@H](C3CC3)[C@H](C)NC(=O)OC(C)(C)C)c(F)cc2C#N)cc1C1C=CC=N1. The summed E-state index contributed by atoms with van der Waals surface area (Å²) >= 11 is 0. The van der Waals surface area contributed by atoms with E-state index < -0.39 is 17.5 Å². The van der Waals surface area contributed by atoms with Crippen LogP contribution in [0.3, 0.4) is 0 Å². The standard InChI is InChI=1S/C29H35FN6O3/c1-6-38-27-21(23-8-7-11-32-23)12-18(16-33-27)13-24-20(15-31)14-22(30)26(35-24)36-25(19-9-10-19)17(2)34-28(37)39-29(3,4)5/h7-8,11-12,14,16-17,19,23,25H,6,9-10,13H2,1-5H3,(H,34,37)(H,35,36)/t17-,23?,25-/m0/s1. The predicted molar refractivity (Wildman–Crippen MR) is 146 cm³/mol. The zero-order valence-corrected chi connectivity index (χ0v) is 23.0. The van der Waals surface area contributed by atoms with Crippen LogP contribution in [0.2, 0.25) is 0 Å². The topological polar surface area (TPSA) is 122 Å². The van der Waals surface area contributed by atoms with Gasteiger partial charge in [-0.2, -0.15) is 5.26 Å². The van der Waals surface area contributed by atoms with Gasteiger partial charge >= 0.3 is 6.09 Å². The summed E-state index contributed by atoms with van der Waals surface area (Å²) in [4.78, 5) is 25.8. The lowest BCUT2D eigenvalue weighted by Gasteiger charge is -2.28. The van der Waals surface area contributed by atoms with E-state index in [1.54, 1.807) is 33.2 Å². The quantitative estimate of drug-likeness (QED) is 0.426. The Balaban J connectivity index is 1.57. The van der Waals surface area contributed by atoms with Crippen LogP contribution in [0, 0.1) is 23.1 Å². The van der Waals surface area contributed by atoms with Crippen molar-refractivity contribution in [3.05, 3.63) is 58.7 Å². The summed E-state index contributed by atoms with van der Waals surface area (Å²) in [6, 6.07) is 4.40. The van der Waals surface area contributed by atoms with Crippen LogP contribution in [0.5, 0.6) is 5.88 Å². The molecule has 0 bridgehead atoms. The Morgan fingerprint density at radius 2 is 2.08 bits per heavy atom. The zero-order chi connectivity index (χ0) is 28.2. The van der Waals surface area contributed by atoms with Crippen LogP contribution in [-0.4, -0.2) is 46.6 Å². The minimum atomic E-state index is -0.627. The third-order valence-electron chi connectivity index (χ3n) is 6.42. The second kappa shape index (κ2) is 11.8. The largest absolute Gasteiger partial charge is 0.478 e. The molecular weight excluding hydrogens is 499 g/mol. The van der Waals surface area contributed by atoms with Crippen LogP contribution in [0.25, 0.3) is 0 Å². The fourth-order valence-electron chi connectivity index (χ4n) is 4.51. The van der Waals surface area contributed by atoms with E-state index in [1.807, 2.05) is 32.1 Å². The molecule has 10 heteroatoms. The van der Waals surface area contributed by atoms with E-state index in [1.165, 1.54) is 6.07 Å². The maximum atomic E-state index is 15.1. The highest BCUT2D eigenvalue weighted by Crippen LogP contribution is 2.36.